The lowest BCUT2D eigenvalue weighted by molar-refractivity contribution is -0.0528. The van der Waals surface area contributed by atoms with Crippen LogP contribution in [0.1, 0.15) is 19.4 Å². The molecule has 1 aromatic heterocycles. The number of alkyl halides is 2. The molecule has 0 aliphatic rings. The maximum atomic E-state index is 11.8. The fourth-order valence-electron chi connectivity index (χ4n) is 0.903. The average molecular weight is 219 g/mol. The quantitative estimate of drug-likeness (QED) is 0.790. The summed E-state index contributed by atoms with van der Waals surface area (Å²) in [6.45, 7) is 0.944. The van der Waals surface area contributed by atoms with Gasteiger partial charge in [0.1, 0.15) is 0 Å². The summed E-state index contributed by atoms with van der Waals surface area (Å²) in [5.74, 6) is -0.0821. The lowest BCUT2D eigenvalue weighted by Crippen LogP contribution is -2.09. The van der Waals surface area contributed by atoms with Gasteiger partial charge in [-0.05, 0) is 19.4 Å². The van der Waals surface area contributed by atoms with Crippen molar-refractivity contribution in [1.82, 2.24) is 4.98 Å². The van der Waals surface area contributed by atoms with Crippen LogP contribution in [0.5, 0.6) is 5.88 Å². The van der Waals surface area contributed by atoms with Crippen molar-refractivity contribution in [2.75, 3.05) is 0 Å². The Morgan fingerprint density at radius 3 is 2.43 bits per heavy atom. The van der Waals surface area contributed by atoms with Crippen molar-refractivity contribution in [3.05, 3.63) is 23.9 Å². The molecule has 0 spiro atoms. The number of halogens is 2. The van der Waals surface area contributed by atoms with Crippen LogP contribution in [0.25, 0.3) is 0 Å². The van der Waals surface area contributed by atoms with E-state index in [0.29, 0.717) is 0 Å². The molecule has 0 aliphatic heterocycles. The summed E-state index contributed by atoms with van der Waals surface area (Å²) in [5.41, 5.74) is 0.849. The Labute approximate surface area is 86.7 Å². The van der Waals surface area contributed by atoms with Gasteiger partial charge in [-0.25, -0.2) is 4.98 Å². The zero-order chi connectivity index (χ0) is 10.8. The molecule has 78 valence electrons. The van der Waals surface area contributed by atoms with Crippen LogP contribution in [0.15, 0.2) is 18.3 Å². The van der Waals surface area contributed by atoms with Crippen LogP contribution in [-0.4, -0.2) is 11.6 Å². The minimum atomic E-state index is -2.84. The van der Waals surface area contributed by atoms with Gasteiger partial charge in [-0.1, -0.05) is 6.07 Å². The molecule has 14 heavy (non-hydrogen) atoms. The van der Waals surface area contributed by atoms with E-state index in [9.17, 15) is 8.78 Å². The highest BCUT2D eigenvalue weighted by molar-refractivity contribution is 7.81. The van der Waals surface area contributed by atoms with E-state index in [2.05, 4.69) is 22.3 Å². The lowest BCUT2D eigenvalue weighted by Gasteiger charge is -2.17. The summed E-state index contributed by atoms with van der Waals surface area (Å²) in [7, 11) is 0. The lowest BCUT2D eigenvalue weighted by atomic mass is 10.1. The van der Waals surface area contributed by atoms with Crippen molar-refractivity contribution in [2.45, 2.75) is 25.2 Å². The van der Waals surface area contributed by atoms with Gasteiger partial charge in [0.25, 0.3) is 0 Å². The molecule has 1 heterocycles. The van der Waals surface area contributed by atoms with Crippen molar-refractivity contribution in [1.29, 1.82) is 0 Å². The second-order valence-corrected chi connectivity index (χ2v) is 4.44. The topological polar surface area (TPSA) is 22.1 Å². The van der Waals surface area contributed by atoms with Gasteiger partial charge in [-0.2, -0.15) is 21.4 Å². The number of hydrogen-bond acceptors (Lipinski definition) is 3. The van der Waals surface area contributed by atoms with Crippen LogP contribution in [0.3, 0.4) is 0 Å². The van der Waals surface area contributed by atoms with Gasteiger partial charge in [0.05, 0.1) is 0 Å². The second-order valence-electron chi connectivity index (χ2n) is 3.32. The van der Waals surface area contributed by atoms with Gasteiger partial charge < -0.3 is 4.74 Å². The van der Waals surface area contributed by atoms with Crippen LogP contribution in [0, 0.1) is 0 Å². The monoisotopic (exact) mass is 219 g/mol. The zero-order valence-corrected chi connectivity index (χ0v) is 8.76. The van der Waals surface area contributed by atoms with E-state index < -0.39 is 6.61 Å². The Bertz CT molecular complexity index is 295. The number of pyridine rings is 1. The van der Waals surface area contributed by atoms with Crippen molar-refractivity contribution >= 4 is 12.6 Å². The van der Waals surface area contributed by atoms with Crippen LogP contribution < -0.4 is 4.74 Å². The third-order valence-electron chi connectivity index (χ3n) is 1.65. The number of aromatic nitrogens is 1. The van der Waals surface area contributed by atoms with Crippen LogP contribution in [0.2, 0.25) is 0 Å². The van der Waals surface area contributed by atoms with Gasteiger partial charge in [0, 0.05) is 17.0 Å². The highest BCUT2D eigenvalue weighted by Gasteiger charge is 2.15. The maximum absolute atomic E-state index is 11.8. The summed E-state index contributed by atoms with van der Waals surface area (Å²) in [6.07, 6.45) is 1.48. The largest absolute Gasteiger partial charge is 0.417 e. The third kappa shape index (κ3) is 3.14. The Morgan fingerprint density at radius 1 is 1.43 bits per heavy atom. The summed E-state index contributed by atoms with van der Waals surface area (Å²) < 4.78 is 27.3. The van der Waals surface area contributed by atoms with E-state index in [1.165, 1.54) is 12.3 Å². The van der Waals surface area contributed by atoms with E-state index in [1.54, 1.807) is 6.07 Å². The maximum Gasteiger partial charge on any atom is 0.388 e. The summed E-state index contributed by atoms with van der Waals surface area (Å²) in [5, 5.41) is 0. The number of thiol groups is 1. The van der Waals surface area contributed by atoms with Gasteiger partial charge >= 0.3 is 6.61 Å². The van der Waals surface area contributed by atoms with Crippen molar-refractivity contribution < 1.29 is 13.5 Å². The molecular weight excluding hydrogens is 208 g/mol. The molecule has 0 aromatic carbocycles. The fraction of sp³-hybridized carbons (Fsp3) is 0.444. The van der Waals surface area contributed by atoms with Crippen LogP contribution >= 0.6 is 12.6 Å². The first-order valence-electron chi connectivity index (χ1n) is 4.03. The van der Waals surface area contributed by atoms with Crippen molar-refractivity contribution in [3.63, 3.8) is 0 Å². The number of ether oxygens (including phenoxy) is 1. The molecule has 0 saturated carbocycles. The summed E-state index contributed by atoms with van der Waals surface area (Å²) in [6, 6.07) is 3.07. The molecule has 0 aliphatic carbocycles. The van der Waals surface area contributed by atoms with Crippen molar-refractivity contribution in [2.24, 2.45) is 0 Å². The molecule has 0 radical (unpaired) electrons. The third-order valence-corrected chi connectivity index (χ3v) is 1.91. The van der Waals surface area contributed by atoms with Gasteiger partial charge in [-0.3, -0.25) is 0 Å². The predicted molar refractivity (Wildman–Crippen MR) is 52.9 cm³/mol. The average Bonchev–Trinajstić information content (AvgIpc) is 2.02. The first kappa shape index (κ1) is 11.2. The number of hydrogen-bond donors (Lipinski definition) is 1. The van der Waals surface area contributed by atoms with Crippen molar-refractivity contribution in [3.8, 4) is 5.88 Å². The van der Waals surface area contributed by atoms with Gasteiger partial charge in [-0.15, -0.1) is 0 Å². The van der Waals surface area contributed by atoms with Gasteiger partial charge in [0.15, 0.2) is 0 Å². The standard InChI is InChI=1S/C9H11F2NOS/c1-9(2,14)6-3-4-7(12-5-6)13-8(10)11/h3-5,8,14H,1-2H3. The molecular formula is C9H11F2NOS. The Kier molecular flexibility index (Phi) is 3.31. The molecule has 1 rings (SSSR count). The van der Waals surface area contributed by atoms with E-state index in [4.69, 9.17) is 0 Å². The first-order valence-corrected chi connectivity index (χ1v) is 4.48. The molecule has 5 heteroatoms. The zero-order valence-electron chi connectivity index (χ0n) is 7.87. The normalized spacial score (nSPS) is 11.9. The summed E-state index contributed by atoms with van der Waals surface area (Å²) >= 11 is 4.32. The SMILES string of the molecule is CC(C)(S)c1ccc(OC(F)F)nc1. The van der Waals surface area contributed by atoms with E-state index in [0.717, 1.165) is 5.56 Å². The predicted octanol–water partition coefficient (Wildman–Crippen LogP) is 2.85. The molecule has 0 unspecified atom stereocenters. The first-order chi connectivity index (χ1) is 6.39. The Balaban J connectivity index is 2.79. The minimum absolute atomic E-state index is 0.0821. The van der Waals surface area contributed by atoms with E-state index in [-0.39, 0.29) is 10.6 Å². The van der Waals surface area contributed by atoms with E-state index >= 15 is 0 Å². The Morgan fingerprint density at radius 2 is 2.07 bits per heavy atom. The highest BCUT2D eigenvalue weighted by Crippen LogP contribution is 2.27. The Hall–Kier alpha value is -0.840. The molecule has 0 N–H and O–H groups in total. The number of rotatable bonds is 3. The molecule has 1 aromatic rings. The van der Waals surface area contributed by atoms with Crippen LogP contribution in [0.4, 0.5) is 8.78 Å². The molecule has 0 amide bonds. The molecule has 0 saturated heterocycles. The molecule has 0 atom stereocenters. The molecule has 0 bridgehead atoms. The smallest absolute Gasteiger partial charge is 0.388 e. The molecule has 0 fully saturated rings. The minimum Gasteiger partial charge on any atom is -0.417 e. The van der Waals surface area contributed by atoms with E-state index in [1.807, 2.05) is 13.8 Å². The fourth-order valence-corrected chi connectivity index (χ4v) is 1.04. The summed E-state index contributed by atoms with van der Waals surface area (Å²) in [4.78, 5) is 3.73. The second kappa shape index (κ2) is 4.13. The van der Waals surface area contributed by atoms with Crippen LogP contribution in [-0.2, 0) is 4.75 Å². The number of nitrogens with zero attached hydrogens (tertiary/aromatic N) is 1. The highest BCUT2D eigenvalue weighted by atomic mass is 32.1. The van der Waals surface area contributed by atoms with Gasteiger partial charge in [0.2, 0.25) is 5.88 Å². The molecule has 2 nitrogen and oxygen atoms in total.